The van der Waals surface area contributed by atoms with Crippen LogP contribution in [0.25, 0.3) is 0 Å². The second-order valence-electron chi connectivity index (χ2n) is 5.90. The minimum atomic E-state index is -3.63. The highest BCUT2D eigenvalue weighted by Crippen LogP contribution is 2.25. The molecule has 0 atom stereocenters. The Hall–Kier alpha value is -1.64. The molecule has 8 heteroatoms. The average molecular weight is 443 g/mol. The lowest BCUT2D eigenvalue weighted by Crippen LogP contribution is -2.31. The number of carbonyl (C=O) groups excluding carboxylic acids is 1. The predicted octanol–water partition coefficient (Wildman–Crippen LogP) is 3.65. The molecule has 0 aliphatic carbocycles. The molecule has 2 aromatic rings. The highest BCUT2D eigenvalue weighted by molar-refractivity contribution is 9.10. The third-order valence-electron chi connectivity index (χ3n) is 4.05. The van der Waals surface area contributed by atoms with Crippen LogP contribution in [-0.4, -0.2) is 43.7 Å². The number of sulfonamides is 1. The van der Waals surface area contributed by atoms with Gasteiger partial charge in [-0.1, -0.05) is 13.8 Å². The summed E-state index contributed by atoms with van der Waals surface area (Å²) in [6.45, 7) is 6.44. The van der Waals surface area contributed by atoms with Crippen molar-refractivity contribution in [2.45, 2.75) is 32.2 Å². The molecule has 1 aromatic carbocycles. The van der Waals surface area contributed by atoms with Crippen molar-refractivity contribution in [1.29, 1.82) is 0 Å². The van der Waals surface area contributed by atoms with Crippen LogP contribution in [0.4, 0.5) is 0 Å². The first-order valence-corrected chi connectivity index (χ1v) is 10.5. The Labute approximate surface area is 163 Å². The summed E-state index contributed by atoms with van der Waals surface area (Å²) in [4.78, 5) is 14.4. The maximum Gasteiger partial charge on any atom is 0.255 e. The Morgan fingerprint density at radius 2 is 1.81 bits per heavy atom. The van der Waals surface area contributed by atoms with E-state index in [1.54, 1.807) is 27.0 Å². The van der Waals surface area contributed by atoms with E-state index in [4.69, 9.17) is 4.42 Å². The van der Waals surface area contributed by atoms with Crippen LogP contribution in [0.5, 0.6) is 0 Å². The van der Waals surface area contributed by atoms with Gasteiger partial charge in [0, 0.05) is 24.6 Å². The SMILES string of the molecule is CCN(CC)S(=O)(=O)c1ccc(Br)c(C(=O)N(C)Cc2ccc(C)o2)c1. The van der Waals surface area contributed by atoms with E-state index in [0.29, 0.717) is 35.4 Å². The van der Waals surface area contributed by atoms with Gasteiger partial charge in [0.05, 0.1) is 17.0 Å². The van der Waals surface area contributed by atoms with Crippen molar-refractivity contribution >= 4 is 31.9 Å². The van der Waals surface area contributed by atoms with E-state index in [0.717, 1.165) is 5.76 Å². The van der Waals surface area contributed by atoms with Crippen LogP contribution >= 0.6 is 15.9 Å². The topological polar surface area (TPSA) is 70.8 Å². The number of hydrogen-bond acceptors (Lipinski definition) is 4. The fourth-order valence-electron chi connectivity index (χ4n) is 2.62. The van der Waals surface area contributed by atoms with E-state index >= 15 is 0 Å². The molecule has 0 spiro atoms. The maximum absolute atomic E-state index is 12.8. The van der Waals surface area contributed by atoms with Gasteiger partial charge in [-0.05, 0) is 53.2 Å². The van der Waals surface area contributed by atoms with Crippen LogP contribution in [0.15, 0.2) is 44.1 Å². The van der Waals surface area contributed by atoms with Gasteiger partial charge in [0.1, 0.15) is 11.5 Å². The lowest BCUT2D eigenvalue weighted by atomic mass is 10.2. The summed E-state index contributed by atoms with van der Waals surface area (Å²) in [5, 5.41) is 0. The highest BCUT2D eigenvalue weighted by Gasteiger charge is 2.25. The molecule has 1 heterocycles. The highest BCUT2D eigenvalue weighted by atomic mass is 79.9. The number of halogens is 1. The Morgan fingerprint density at radius 1 is 1.15 bits per heavy atom. The van der Waals surface area contributed by atoms with Crippen LogP contribution in [0.3, 0.4) is 0 Å². The fraction of sp³-hybridized carbons (Fsp3) is 0.389. The van der Waals surface area contributed by atoms with Gasteiger partial charge in [-0.3, -0.25) is 4.79 Å². The van der Waals surface area contributed by atoms with E-state index in [1.807, 2.05) is 19.1 Å². The first-order valence-electron chi connectivity index (χ1n) is 8.31. The van der Waals surface area contributed by atoms with Crippen molar-refractivity contribution in [2.75, 3.05) is 20.1 Å². The molecule has 6 nitrogen and oxygen atoms in total. The molecule has 0 aliphatic rings. The number of carbonyl (C=O) groups is 1. The van der Waals surface area contributed by atoms with Crippen molar-refractivity contribution < 1.29 is 17.6 Å². The molecule has 0 unspecified atom stereocenters. The number of amides is 1. The van der Waals surface area contributed by atoms with Gasteiger partial charge in [0.2, 0.25) is 10.0 Å². The third kappa shape index (κ3) is 4.36. The zero-order valence-electron chi connectivity index (χ0n) is 15.3. The van der Waals surface area contributed by atoms with Crippen molar-refractivity contribution in [1.82, 2.24) is 9.21 Å². The normalized spacial score (nSPS) is 11.8. The molecule has 142 valence electrons. The Bertz CT molecular complexity index is 888. The predicted molar refractivity (Wildman–Crippen MR) is 103 cm³/mol. The summed E-state index contributed by atoms with van der Waals surface area (Å²) >= 11 is 3.35. The number of nitrogens with zero attached hydrogens (tertiary/aromatic N) is 2. The molecule has 0 fully saturated rings. The number of hydrogen-bond donors (Lipinski definition) is 0. The number of benzene rings is 1. The quantitative estimate of drug-likeness (QED) is 0.655. The van der Waals surface area contributed by atoms with E-state index < -0.39 is 10.0 Å². The fourth-order valence-corrected chi connectivity index (χ4v) is 4.52. The summed E-state index contributed by atoms with van der Waals surface area (Å²) < 4.78 is 32.8. The molecule has 1 amide bonds. The van der Waals surface area contributed by atoms with E-state index in [-0.39, 0.29) is 10.8 Å². The summed E-state index contributed by atoms with van der Waals surface area (Å²) in [5.74, 6) is 1.15. The van der Waals surface area contributed by atoms with Crippen molar-refractivity contribution in [3.8, 4) is 0 Å². The molecule has 2 rings (SSSR count). The zero-order valence-corrected chi connectivity index (χ0v) is 17.7. The van der Waals surface area contributed by atoms with Crippen LogP contribution < -0.4 is 0 Å². The summed E-state index contributed by atoms with van der Waals surface area (Å²) in [6.07, 6.45) is 0. The minimum absolute atomic E-state index is 0.106. The first-order chi connectivity index (χ1) is 12.2. The Morgan fingerprint density at radius 3 is 2.35 bits per heavy atom. The summed E-state index contributed by atoms with van der Waals surface area (Å²) in [6, 6.07) is 8.17. The molecule has 0 N–H and O–H groups in total. The minimum Gasteiger partial charge on any atom is -0.464 e. The summed E-state index contributed by atoms with van der Waals surface area (Å²) in [7, 11) is -1.98. The van der Waals surface area contributed by atoms with Crippen LogP contribution in [0, 0.1) is 6.92 Å². The van der Waals surface area contributed by atoms with Gasteiger partial charge in [0.15, 0.2) is 0 Å². The van der Waals surface area contributed by atoms with E-state index in [1.165, 1.54) is 21.3 Å². The van der Waals surface area contributed by atoms with E-state index in [2.05, 4.69) is 15.9 Å². The third-order valence-corrected chi connectivity index (χ3v) is 6.78. The first kappa shape index (κ1) is 20.7. The van der Waals surface area contributed by atoms with Gasteiger partial charge in [-0.15, -0.1) is 0 Å². The van der Waals surface area contributed by atoms with Crippen molar-refractivity contribution in [3.05, 3.63) is 51.9 Å². The largest absolute Gasteiger partial charge is 0.464 e. The lowest BCUT2D eigenvalue weighted by molar-refractivity contribution is 0.0774. The molecule has 0 saturated heterocycles. The second kappa shape index (κ2) is 8.37. The average Bonchev–Trinajstić information content (AvgIpc) is 3.00. The maximum atomic E-state index is 12.8. The van der Waals surface area contributed by atoms with Crippen LogP contribution in [-0.2, 0) is 16.6 Å². The second-order valence-corrected chi connectivity index (χ2v) is 8.70. The van der Waals surface area contributed by atoms with Crippen molar-refractivity contribution in [2.24, 2.45) is 0 Å². The number of furan rings is 1. The molecule has 26 heavy (non-hydrogen) atoms. The molecule has 0 radical (unpaired) electrons. The van der Waals surface area contributed by atoms with Crippen molar-refractivity contribution in [3.63, 3.8) is 0 Å². The van der Waals surface area contributed by atoms with Gasteiger partial charge in [-0.2, -0.15) is 4.31 Å². The molecule has 1 aromatic heterocycles. The Balaban J connectivity index is 2.32. The van der Waals surface area contributed by atoms with Crippen LogP contribution in [0.1, 0.15) is 35.7 Å². The number of rotatable bonds is 7. The van der Waals surface area contributed by atoms with Gasteiger partial charge in [-0.25, -0.2) is 8.42 Å². The standard InChI is InChI=1S/C18H23BrN2O4S/c1-5-21(6-2)26(23,24)15-9-10-17(19)16(11-15)18(22)20(4)12-14-8-7-13(3)25-14/h7-11H,5-6,12H2,1-4H3. The molecule has 0 aliphatic heterocycles. The molecule has 0 saturated carbocycles. The summed E-state index contributed by atoms with van der Waals surface area (Å²) in [5.41, 5.74) is 0.295. The van der Waals surface area contributed by atoms with E-state index in [9.17, 15) is 13.2 Å². The molecule has 0 bridgehead atoms. The van der Waals surface area contributed by atoms with Crippen LogP contribution in [0.2, 0.25) is 0 Å². The Kier molecular flexibility index (Phi) is 6.65. The van der Waals surface area contributed by atoms with Gasteiger partial charge in [0.25, 0.3) is 5.91 Å². The zero-order chi connectivity index (χ0) is 19.5. The molecular weight excluding hydrogens is 420 g/mol. The number of aryl methyl sites for hydroxylation is 1. The molecular formula is C18H23BrN2O4S. The van der Waals surface area contributed by atoms with Gasteiger partial charge < -0.3 is 9.32 Å². The van der Waals surface area contributed by atoms with Gasteiger partial charge >= 0.3 is 0 Å². The smallest absolute Gasteiger partial charge is 0.255 e. The monoisotopic (exact) mass is 442 g/mol. The lowest BCUT2D eigenvalue weighted by Gasteiger charge is -2.20.